The van der Waals surface area contributed by atoms with Crippen molar-refractivity contribution in [1.29, 1.82) is 0 Å². The summed E-state index contributed by atoms with van der Waals surface area (Å²) in [7, 11) is 3.52. The van der Waals surface area contributed by atoms with Crippen molar-refractivity contribution >= 4 is 17.4 Å². The molecule has 5 nitrogen and oxygen atoms in total. The van der Waals surface area contributed by atoms with Crippen molar-refractivity contribution in [2.75, 3.05) is 7.11 Å². The maximum Gasteiger partial charge on any atom is 0.279 e. The summed E-state index contributed by atoms with van der Waals surface area (Å²) >= 11 is 1.33. The molecule has 0 saturated carbocycles. The molecule has 3 rings (SSSR count). The number of aromatic nitrogens is 2. The van der Waals surface area contributed by atoms with Gasteiger partial charge in [-0.05, 0) is 47.9 Å². The van der Waals surface area contributed by atoms with Gasteiger partial charge < -0.3 is 4.74 Å². The molecule has 6 heteroatoms. The Morgan fingerprint density at radius 1 is 1.13 bits per heavy atom. The normalized spacial score (nSPS) is 11.5. The molecular formula is C17H15N3O2S. The van der Waals surface area contributed by atoms with E-state index in [-0.39, 0.29) is 5.91 Å². The molecule has 3 aromatic rings. The number of carbonyl (C=O) groups is 1. The summed E-state index contributed by atoms with van der Waals surface area (Å²) < 4.78 is 7.04. The molecular weight excluding hydrogens is 310 g/mol. The van der Waals surface area contributed by atoms with Crippen LogP contribution in [-0.4, -0.2) is 22.0 Å². The fraction of sp³-hybridized carbons (Fsp3) is 0.118. The van der Waals surface area contributed by atoms with Gasteiger partial charge in [0.1, 0.15) is 5.75 Å². The minimum absolute atomic E-state index is 0.291. The number of rotatable bonds is 3. The number of nitrogens with zero attached hydrogens (tertiary/aromatic N) is 3. The second kappa shape index (κ2) is 6.58. The lowest BCUT2D eigenvalue weighted by Crippen LogP contribution is -2.05. The number of methoxy groups -OCH3 is 1. The highest BCUT2D eigenvalue weighted by atomic mass is 32.1. The van der Waals surface area contributed by atoms with Gasteiger partial charge in [0, 0.05) is 18.2 Å². The van der Waals surface area contributed by atoms with Crippen molar-refractivity contribution in [3.8, 4) is 17.1 Å². The van der Waals surface area contributed by atoms with E-state index in [9.17, 15) is 4.79 Å². The minimum Gasteiger partial charge on any atom is -0.497 e. The van der Waals surface area contributed by atoms with Gasteiger partial charge in [-0.3, -0.25) is 8.75 Å². The summed E-state index contributed by atoms with van der Waals surface area (Å²) in [5, 5.41) is 0. The van der Waals surface area contributed by atoms with E-state index in [2.05, 4.69) is 9.98 Å². The van der Waals surface area contributed by atoms with Crippen LogP contribution < -0.4 is 9.54 Å². The number of hydrogen-bond donors (Lipinski definition) is 0. The van der Waals surface area contributed by atoms with Crippen LogP contribution in [0, 0.1) is 0 Å². The number of ether oxygens (including phenoxy) is 1. The Bertz CT molecular complexity index is 880. The molecule has 23 heavy (non-hydrogen) atoms. The van der Waals surface area contributed by atoms with Crippen LogP contribution in [0.3, 0.4) is 0 Å². The van der Waals surface area contributed by atoms with Gasteiger partial charge in [-0.1, -0.05) is 18.2 Å². The number of amides is 1. The summed E-state index contributed by atoms with van der Waals surface area (Å²) in [6.45, 7) is 0. The molecule has 2 aromatic carbocycles. The highest BCUT2D eigenvalue weighted by Crippen LogP contribution is 2.20. The lowest BCUT2D eigenvalue weighted by atomic mass is 10.2. The predicted octanol–water partition coefficient (Wildman–Crippen LogP) is 2.90. The van der Waals surface area contributed by atoms with Crippen LogP contribution in [0.25, 0.3) is 11.4 Å². The van der Waals surface area contributed by atoms with E-state index in [1.54, 1.807) is 19.2 Å². The van der Waals surface area contributed by atoms with Crippen molar-refractivity contribution in [2.45, 2.75) is 0 Å². The fourth-order valence-electron chi connectivity index (χ4n) is 2.11. The molecule has 1 aromatic heterocycles. The van der Waals surface area contributed by atoms with E-state index >= 15 is 0 Å². The predicted molar refractivity (Wildman–Crippen MR) is 89.4 cm³/mol. The first-order valence-corrected chi connectivity index (χ1v) is 7.77. The molecule has 1 heterocycles. The summed E-state index contributed by atoms with van der Waals surface area (Å²) in [5.74, 6) is 1.26. The van der Waals surface area contributed by atoms with Crippen LogP contribution in [0.5, 0.6) is 5.75 Å². The van der Waals surface area contributed by atoms with Crippen LogP contribution in [0.1, 0.15) is 10.4 Å². The Morgan fingerprint density at radius 2 is 1.83 bits per heavy atom. The zero-order valence-electron chi connectivity index (χ0n) is 12.8. The van der Waals surface area contributed by atoms with E-state index in [1.807, 2.05) is 53.5 Å². The SMILES string of the molecule is COc1ccc(-c2nc(=NC(=O)c3ccccc3)sn2C)cc1. The molecule has 116 valence electrons. The van der Waals surface area contributed by atoms with Gasteiger partial charge in [-0.15, -0.1) is 0 Å². The standard InChI is InChI=1S/C17H15N3O2S/c1-20-15(12-8-10-14(22-2)11-9-12)18-17(23-20)19-16(21)13-6-4-3-5-7-13/h3-11H,1-2H3. The van der Waals surface area contributed by atoms with Gasteiger partial charge in [0.05, 0.1) is 7.11 Å². The van der Waals surface area contributed by atoms with E-state index in [0.717, 1.165) is 17.1 Å². The third-order valence-corrected chi connectivity index (χ3v) is 4.08. The van der Waals surface area contributed by atoms with Crippen molar-refractivity contribution < 1.29 is 9.53 Å². The molecule has 1 amide bonds. The highest BCUT2D eigenvalue weighted by molar-refractivity contribution is 7.03. The largest absolute Gasteiger partial charge is 0.497 e. The van der Waals surface area contributed by atoms with E-state index < -0.39 is 0 Å². The van der Waals surface area contributed by atoms with Crippen LogP contribution in [0.15, 0.2) is 59.6 Å². The Kier molecular flexibility index (Phi) is 4.34. The first kappa shape index (κ1) is 15.2. The topological polar surface area (TPSA) is 56.5 Å². The van der Waals surface area contributed by atoms with Gasteiger partial charge in [0.15, 0.2) is 5.82 Å². The van der Waals surface area contributed by atoms with Crippen molar-refractivity contribution in [3.05, 3.63) is 65.0 Å². The number of hydrogen-bond acceptors (Lipinski definition) is 4. The third-order valence-electron chi connectivity index (χ3n) is 3.28. The first-order chi connectivity index (χ1) is 11.2. The molecule has 0 aliphatic rings. The van der Waals surface area contributed by atoms with Crippen LogP contribution in [0.2, 0.25) is 0 Å². The molecule has 0 radical (unpaired) electrons. The molecule has 0 spiro atoms. The molecule has 0 N–H and O–H groups in total. The van der Waals surface area contributed by atoms with Crippen LogP contribution in [-0.2, 0) is 7.05 Å². The lowest BCUT2D eigenvalue weighted by molar-refractivity contribution is 0.0998. The summed E-state index contributed by atoms with van der Waals surface area (Å²) in [4.78, 5) is 21.1. The second-order valence-corrected chi connectivity index (χ2v) is 5.91. The van der Waals surface area contributed by atoms with Crippen LogP contribution in [0.4, 0.5) is 0 Å². The third kappa shape index (κ3) is 3.37. The van der Waals surface area contributed by atoms with Gasteiger partial charge in [-0.25, -0.2) is 0 Å². The zero-order valence-corrected chi connectivity index (χ0v) is 13.6. The van der Waals surface area contributed by atoms with Gasteiger partial charge in [-0.2, -0.15) is 9.98 Å². The minimum atomic E-state index is -0.291. The highest BCUT2D eigenvalue weighted by Gasteiger charge is 2.08. The van der Waals surface area contributed by atoms with Gasteiger partial charge in [0.25, 0.3) is 5.91 Å². The first-order valence-electron chi connectivity index (χ1n) is 7.00. The summed E-state index contributed by atoms with van der Waals surface area (Å²) in [5.41, 5.74) is 1.49. The smallest absolute Gasteiger partial charge is 0.279 e. The Labute approximate surface area is 137 Å². The number of carbonyl (C=O) groups excluding carboxylic acids is 1. The lowest BCUT2D eigenvalue weighted by Gasteiger charge is -2.02. The molecule has 0 unspecified atom stereocenters. The number of benzene rings is 2. The second-order valence-electron chi connectivity index (χ2n) is 4.82. The monoisotopic (exact) mass is 325 g/mol. The van der Waals surface area contributed by atoms with E-state index in [4.69, 9.17) is 4.74 Å². The molecule has 0 atom stereocenters. The fourth-order valence-corrected chi connectivity index (χ4v) is 2.84. The molecule has 0 bridgehead atoms. The average Bonchev–Trinajstić information content (AvgIpc) is 2.96. The van der Waals surface area contributed by atoms with Crippen molar-refractivity contribution in [1.82, 2.24) is 8.94 Å². The maximum atomic E-state index is 12.1. The van der Waals surface area contributed by atoms with Gasteiger partial charge in [0.2, 0.25) is 4.80 Å². The Morgan fingerprint density at radius 3 is 2.48 bits per heavy atom. The van der Waals surface area contributed by atoms with Gasteiger partial charge >= 0.3 is 0 Å². The molecule has 0 fully saturated rings. The number of aryl methyl sites for hydroxylation is 1. The van der Waals surface area contributed by atoms with E-state index in [1.165, 1.54) is 11.5 Å². The maximum absolute atomic E-state index is 12.1. The molecule has 0 aliphatic heterocycles. The van der Waals surface area contributed by atoms with E-state index in [0.29, 0.717) is 10.4 Å². The summed E-state index contributed by atoms with van der Waals surface area (Å²) in [6, 6.07) is 16.6. The molecule has 0 aliphatic carbocycles. The Hall–Kier alpha value is -2.73. The average molecular weight is 325 g/mol. The summed E-state index contributed by atoms with van der Waals surface area (Å²) in [6.07, 6.45) is 0. The van der Waals surface area contributed by atoms with Crippen molar-refractivity contribution in [3.63, 3.8) is 0 Å². The molecule has 0 saturated heterocycles. The van der Waals surface area contributed by atoms with Crippen molar-refractivity contribution in [2.24, 2.45) is 12.0 Å². The zero-order chi connectivity index (χ0) is 16.2. The van der Waals surface area contributed by atoms with Crippen LogP contribution >= 0.6 is 11.5 Å². The quantitative estimate of drug-likeness (QED) is 0.744. The Balaban J connectivity index is 1.94.